The smallest absolute Gasteiger partial charge is 0.119 e. The van der Waals surface area contributed by atoms with Crippen LogP contribution in [-0.2, 0) is 0 Å². The zero-order chi connectivity index (χ0) is 15.2. The minimum Gasteiger partial charge on any atom is -0.494 e. The number of aryl methyl sites for hydroxylation is 1. The van der Waals surface area contributed by atoms with Crippen molar-refractivity contribution in [3.63, 3.8) is 0 Å². The third-order valence-electron chi connectivity index (χ3n) is 3.99. The van der Waals surface area contributed by atoms with Gasteiger partial charge in [0.15, 0.2) is 0 Å². The molecule has 1 unspecified atom stereocenters. The number of hydrogen-bond acceptors (Lipinski definition) is 2. The average molecular weight is 283 g/mol. The van der Waals surface area contributed by atoms with Crippen molar-refractivity contribution < 1.29 is 4.74 Å². The Bertz CT molecular complexity index is 575. The molecule has 21 heavy (non-hydrogen) atoms. The highest BCUT2D eigenvalue weighted by Crippen LogP contribution is 2.26. The van der Waals surface area contributed by atoms with E-state index in [-0.39, 0.29) is 6.04 Å². The van der Waals surface area contributed by atoms with Crippen LogP contribution in [0.2, 0.25) is 0 Å². The van der Waals surface area contributed by atoms with Crippen LogP contribution < -0.4 is 10.5 Å². The van der Waals surface area contributed by atoms with Gasteiger partial charge < -0.3 is 10.5 Å². The van der Waals surface area contributed by atoms with Gasteiger partial charge in [0.2, 0.25) is 0 Å². The first-order valence-electron chi connectivity index (χ1n) is 7.68. The van der Waals surface area contributed by atoms with E-state index in [1.807, 2.05) is 12.1 Å². The van der Waals surface area contributed by atoms with E-state index in [9.17, 15) is 0 Å². The SMILES string of the molecule is CCCCOc1ccc(C(N)c2cccc(C)c2C)cc1. The number of ether oxygens (including phenoxy) is 1. The third-order valence-corrected chi connectivity index (χ3v) is 3.99. The molecule has 1 atom stereocenters. The molecule has 0 aromatic heterocycles. The first kappa shape index (κ1) is 15.6. The Balaban J connectivity index is 2.12. The summed E-state index contributed by atoms with van der Waals surface area (Å²) in [5.41, 5.74) is 11.3. The standard InChI is InChI=1S/C19H25NO/c1-4-5-13-21-17-11-9-16(10-12-17)19(20)18-8-6-7-14(2)15(18)3/h6-12,19H,4-5,13,20H2,1-3H3. The van der Waals surface area contributed by atoms with Gasteiger partial charge in [0, 0.05) is 0 Å². The summed E-state index contributed by atoms with van der Waals surface area (Å²) in [7, 11) is 0. The van der Waals surface area contributed by atoms with Gasteiger partial charge in [-0.2, -0.15) is 0 Å². The van der Waals surface area contributed by atoms with Crippen molar-refractivity contribution in [3.8, 4) is 5.75 Å². The maximum Gasteiger partial charge on any atom is 0.119 e. The van der Waals surface area contributed by atoms with Crippen molar-refractivity contribution >= 4 is 0 Å². The van der Waals surface area contributed by atoms with Gasteiger partial charge in [0.1, 0.15) is 5.75 Å². The maximum absolute atomic E-state index is 6.42. The van der Waals surface area contributed by atoms with Gasteiger partial charge in [0.25, 0.3) is 0 Å². The van der Waals surface area contributed by atoms with Gasteiger partial charge in [-0.15, -0.1) is 0 Å². The molecule has 2 rings (SSSR count). The molecular weight excluding hydrogens is 258 g/mol. The van der Waals surface area contributed by atoms with Crippen molar-refractivity contribution in [3.05, 3.63) is 64.7 Å². The van der Waals surface area contributed by atoms with Crippen molar-refractivity contribution in [2.45, 2.75) is 39.7 Å². The van der Waals surface area contributed by atoms with Crippen LogP contribution >= 0.6 is 0 Å². The lowest BCUT2D eigenvalue weighted by Gasteiger charge is -2.17. The second-order valence-electron chi connectivity index (χ2n) is 5.54. The molecule has 0 saturated carbocycles. The van der Waals surface area contributed by atoms with Crippen LogP contribution in [-0.4, -0.2) is 6.61 Å². The molecule has 0 fully saturated rings. The molecule has 0 aliphatic rings. The average Bonchev–Trinajstić information content (AvgIpc) is 2.50. The number of unbranched alkanes of at least 4 members (excludes halogenated alkanes) is 1. The fourth-order valence-corrected chi connectivity index (χ4v) is 2.40. The molecule has 2 nitrogen and oxygen atoms in total. The molecule has 112 valence electrons. The lowest BCUT2D eigenvalue weighted by Crippen LogP contribution is -2.13. The Morgan fingerprint density at radius 2 is 1.76 bits per heavy atom. The molecule has 0 bridgehead atoms. The minimum atomic E-state index is -0.0883. The predicted molar refractivity (Wildman–Crippen MR) is 88.8 cm³/mol. The summed E-state index contributed by atoms with van der Waals surface area (Å²) < 4.78 is 5.69. The van der Waals surface area contributed by atoms with E-state index in [2.05, 4.69) is 51.1 Å². The molecule has 2 heteroatoms. The molecule has 0 saturated heterocycles. The summed E-state index contributed by atoms with van der Waals surface area (Å²) in [5.74, 6) is 0.917. The quantitative estimate of drug-likeness (QED) is 0.790. The van der Waals surface area contributed by atoms with Crippen molar-refractivity contribution in [2.24, 2.45) is 5.73 Å². The molecule has 0 aliphatic carbocycles. The summed E-state index contributed by atoms with van der Waals surface area (Å²) in [6.07, 6.45) is 2.24. The fraction of sp³-hybridized carbons (Fsp3) is 0.368. The van der Waals surface area contributed by atoms with Crippen LogP contribution in [0, 0.1) is 13.8 Å². The highest BCUT2D eigenvalue weighted by atomic mass is 16.5. The Kier molecular flexibility index (Phi) is 5.40. The minimum absolute atomic E-state index is 0.0883. The first-order valence-corrected chi connectivity index (χ1v) is 7.68. The van der Waals surface area contributed by atoms with Crippen LogP contribution in [0.25, 0.3) is 0 Å². The third kappa shape index (κ3) is 3.85. The first-order chi connectivity index (χ1) is 10.1. The lowest BCUT2D eigenvalue weighted by atomic mass is 9.93. The van der Waals surface area contributed by atoms with E-state index in [4.69, 9.17) is 10.5 Å². The summed E-state index contributed by atoms with van der Waals surface area (Å²) in [6, 6.07) is 14.4. The monoisotopic (exact) mass is 283 g/mol. The Hall–Kier alpha value is -1.80. The molecular formula is C19H25NO. The van der Waals surface area contributed by atoms with Crippen LogP contribution in [0.5, 0.6) is 5.75 Å². The van der Waals surface area contributed by atoms with E-state index < -0.39 is 0 Å². The van der Waals surface area contributed by atoms with Crippen molar-refractivity contribution in [1.29, 1.82) is 0 Å². The molecule has 2 aromatic carbocycles. The highest BCUT2D eigenvalue weighted by molar-refractivity contribution is 5.41. The molecule has 0 heterocycles. The Morgan fingerprint density at radius 1 is 1.05 bits per heavy atom. The molecule has 0 amide bonds. The van der Waals surface area contributed by atoms with Crippen LogP contribution in [0.3, 0.4) is 0 Å². The van der Waals surface area contributed by atoms with Crippen LogP contribution in [0.1, 0.15) is 48.1 Å². The molecule has 0 radical (unpaired) electrons. The second-order valence-corrected chi connectivity index (χ2v) is 5.54. The highest BCUT2D eigenvalue weighted by Gasteiger charge is 2.12. The lowest BCUT2D eigenvalue weighted by molar-refractivity contribution is 0.309. The van der Waals surface area contributed by atoms with E-state index in [1.165, 1.54) is 16.7 Å². The van der Waals surface area contributed by atoms with E-state index in [1.54, 1.807) is 0 Å². The number of hydrogen-bond donors (Lipinski definition) is 1. The van der Waals surface area contributed by atoms with Gasteiger partial charge in [-0.05, 0) is 54.7 Å². The normalized spacial score (nSPS) is 12.2. The van der Waals surface area contributed by atoms with Gasteiger partial charge >= 0.3 is 0 Å². The van der Waals surface area contributed by atoms with Crippen LogP contribution in [0.15, 0.2) is 42.5 Å². The van der Waals surface area contributed by atoms with Gasteiger partial charge in [-0.1, -0.05) is 43.7 Å². The van der Waals surface area contributed by atoms with Gasteiger partial charge in [-0.3, -0.25) is 0 Å². The summed E-state index contributed by atoms with van der Waals surface area (Å²) in [4.78, 5) is 0. The molecule has 2 aromatic rings. The molecule has 0 spiro atoms. The fourth-order valence-electron chi connectivity index (χ4n) is 2.40. The maximum atomic E-state index is 6.42. The van der Waals surface area contributed by atoms with Crippen LogP contribution in [0.4, 0.5) is 0 Å². The van der Waals surface area contributed by atoms with Crippen molar-refractivity contribution in [2.75, 3.05) is 6.61 Å². The zero-order valence-electron chi connectivity index (χ0n) is 13.2. The Labute approximate surface area is 127 Å². The Morgan fingerprint density at radius 3 is 2.43 bits per heavy atom. The van der Waals surface area contributed by atoms with E-state index in [0.29, 0.717) is 0 Å². The molecule has 0 aliphatic heterocycles. The summed E-state index contributed by atoms with van der Waals surface area (Å²) in [5, 5.41) is 0. The number of nitrogens with two attached hydrogens (primary N) is 1. The van der Waals surface area contributed by atoms with Crippen molar-refractivity contribution in [1.82, 2.24) is 0 Å². The van der Waals surface area contributed by atoms with Gasteiger partial charge in [0.05, 0.1) is 12.6 Å². The number of rotatable bonds is 6. The predicted octanol–water partition coefficient (Wildman–Crippen LogP) is 4.53. The topological polar surface area (TPSA) is 35.2 Å². The summed E-state index contributed by atoms with van der Waals surface area (Å²) >= 11 is 0. The molecule has 2 N–H and O–H groups in total. The van der Waals surface area contributed by atoms with E-state index >= 15 is 0 Å². The largest absolute Gasteiger partial charge is 0.494 e. The summed E-state index contributed by atoms with van der Waals surface area (Å²) in [6.45, 7) is 7.19. The van der Waals surface area contributed by atoms with E-state index in [0.717, 1.165) is 30.8 Å². The van der Waals surface area contributed by atoms with Gasteiger partial charge in [-0.25, -0.2) is 0 Å². The zero-order valence-corrected chi connectivity index (χ0v) is 13.2. The second kappa shape index (κ2) is 7.28. The number of benzene rings is 2.